The second-order valence-electron chi connectivity index (χ2n) is 8.32. The monoisotopic (exact) mass is 453 g/mol. The maximum atomic E-state index is 13.1. The van der Waals surface area contributed by atoms with Gasteiger partial charge in [0.15, 0.2) is 0 Å². The summed E-state index contributed by atoms with van der Waals surface area (Å²) in [5, 5.41) is 3.44. The average molecular weight is 454 g/mol. The van der Waals surface area contributed by atoms with Crippen LogP contribution in [0.3, 0.4) is 0 Å². The Balaban J connectivity index is 1.43. The topological polar surface area (TPSA) is 90.3 Å². The van der Waals surface area contributed by atoms with Crippen molar-refractivity contribution in [3.05, 3.63) is 57.0 Å². The molecule has 0 aliphatic heterocycles. The van der Waals surface area contributed by atoms with Gasteiger partial charge in [0.2, 0.25) is 5.91 Å². The zero-order valence-corrected chi connectivity index (χ0v) is 19.2. The molecule has 0 bridgehead atoms. The lowest BCUT2D eigenvalue weighted by Crippen LogP contribution is -2.28. The van der Waals surface area contributed by atoms with Gasteiger partial charge in [-0.3, -0.25) is 14.2 Å². The van der Waals surface area contributed by atoms with Crippen LogP contribution >= 0.6 is 11.3 Å². The Kier molecular flexibility index (Phi) is 6.69. The molecule has 0 fully saturated rings. The van der Waals surface area contributed by atoms with E-state index in [1.54, 1.807) is 35.6 Å². The van der Waals surface area contributed by atoms with Gasteiger partial charge < -0.3 is 10.1 Å². The summed E-state index contributed by atoms with van der Waals surface area (Å²) in [4.78, 5) is 44.0. The molecule has 1 aliphatic rings. The Hall–Kier alpha value is -3.00. The number of thiophene rings is 1. The van der Waals surface area contributed by atoms with Crippen molar-refractivity contribution in [3.63, 3.8) is 0 Å². The summed E-state index contributed by atoms with van der Waals surface area (Å²) in [6.45, 7) is 4.53. The molecule has 1 unspecified atom stereocenters. The Labute approximate surface area is 190 Å². The van der Waals surface area contributed by atoms with Crippen molar-refractivity contribution in [2.24, 2.45) is 5.92 Å². The first-order valence-corrected chi connectivity index (χ1v) is 11.8. The van der Waals surface area contributed by atoms with Crippen LogP contribution in [0.15, 0.2) is 35.4 Å². The zero-order valence-electron chi connectivity index (χ0n) is 18.3. The summed E-state index contributed by atoms with van der Waals surface area (Å²) < 4.78 is 6.55. The standard InChI is InChI=1S/C24H27N3O4S/c1-3-4-11-31-24(30)16-6-8-17(9-7-16)26-20(28)13-27-14-25-22-21(23(27)29)18-10-5-15(2)12-19(18)32-22/h6-9,14-15H,3-5,10-13H2,1-2H3,(H,26,28). The first kappa shape index (κ1) is 22.2. The Bertz CT molecular complexity index is 1200. The number of nitrogens with zero attached hydrogens (tertiary/aromatic N) is 2. The largest absolute Gasteiger partial charge is 0.462 e. The lowest BCUT2D eigenvalue weighted by Gasteiger charge is -2.17. The molecular formula is C24H27N3O4S. The number of carbonyl (C=O) groups is 2. The van der Waals surface area contributed by atoms with Gasteiger partial charge in [-0.15, -0.1) is 11.3 Å². The minimum absolute atomic E-state index is 0.121. The number of hydrogen-bond donors (Lipinski definition) is 1. The predicted octanol–water partition coefficient (Wildman–Crippen LogP) is 4.18. The first-order valence-electron chi connectivity index (χ1n) is 11.0. The van der Waals surface area contributed by atoms with Gasteiger partial charge in [-0.1, -0.05) is 20.3 Å². The number of ether oxygens (including phenoxy) is 1. The molecule has 1 aliphatic carbocycles. The molecule has 1 N–H and O–H groups in total. The van der Waals surface area contributed by atoms with Gasteiger partial charge in [0, 0.05) is 10.6 Å². The highest BCUT2D eigenvalue weighted by atomic mass is 32.1. The molecule has 8 heteroatoms. The number of aromatic nitrogens is 2. The van der Waals surface area contributed by atoms with Crippen LogP contribution in [0.4, 0.5) is 5.69 Å². The number of aryl methyl sites for hydroxylation is 1. The molecule has 2 heterocycles. The van der Waals surface area contributed by atoms with E-state index >= 15 is 0 Å². The molecule has 4 rings (SSSR count). The fourth-order valence-corrected chi connectivity index (χ4v) is 5.26. The summed E-state index contributed by atoms with van der Waals surface area (Å²) >= 11 is 1.59. The average Bonchev–Trinajstić information content (AvgIpc) is 3.14. The van der Waals surface area contributed by atoms with E-state index in [1.807, 2.05) is 6.92 Å². The van der Waals surface area contributed by atoms with Crippen molar-refractivity contribution in [2.75, 3.05) is 11.9 Å². The van der Waals surface area contributed by atoms with Crippen LogP contribution in [0, 0.1) is 5.92 Å². The van der Waals surface area contributed by atoms with Crippen molar-refractivity contribution >= 4 is 39.1 Å². The third kappa shape index (κ3) is 4.75. The highest BCUT2D eigenvalue weighted by Gasteiger charge is 2.23. The van der Waals surface area contributed by atoms with E-state index in [0.717, 1.165) is 42.5 Å². The van der Waals surface area contributed by atoms with Gasteiger partial charge >= 0.3 is 5.97 Å². The Morgan fingerprint density at radius 2 is 2.06 bits per heavy atom. The van der Waals surface area contributed by atoms with Crippen LogP contribution in [-0.2, 0) is 28.9 Å². The molecule has 1 atom stereocenters. The number of fused-ring (bicyclic) bond motifs is 3. The number of anilines is 1. The van der Waals surface area contributed by atoms with Crippen molar-refractivity contribution in [1.82, 2.24) is 9.55 Å². The molecule has 32 heavy (non-hydrogen) atoms. The van der Waals surface area contributed by atoms with Gasteiger partial charge in [-0.25, -0.2) is 9.78 Å². The van der Waals surface area contributed by atoms with Crippen LogP contribution in [0.5, 0.6) is 0 Å². The highest BCUT2D eigenvalue weighted by Crippen LogP contribution is 2.35. The number of benzene rings is 1. The third-order valence-electron chi connectivity index (χ3n) is 5.73. The molecule has 2 aromatic heterocycles. The number of rotatable bonds is 7. The lowest BCUT2D eigenvalue weighted by atomic mass is 9.89. The predicted molar refractivity (Wildman–Crippen MR) is 125 cm³/mol. The number of nitrogens with one attached hydrogen (secondary N) is 1. The summed E-state index contributed by atoms with van der Waals surface area (Å²) in [7, 11) is 0. The summed E-state index contributed by atoms with van der Waals surface area (Å²) in [6, 6.07) is 6.52. The molecule has 168 valence electrons. The van der Waals surface area contributed by atoms with Gasteiger partial charge in [-0.2, -0.15) is 0 Å². The fraction of sp³-hybridized carbons (Fsp3) is 0.417. The molecule has 0 spiro atoms. The number of unbranched alkanes of at least 4 members (excludes halogenated alkanes) is 1. The van der Waals surface area contributed by atoms with Crippen molar-refractivity contribution in [3.8, 4) is 0 Å². The van der Waals surface area contributed by atoms with E-state index in [1.165, 1.54) is 15.8 Å². The van der Waals surface area contributed by atoms with Gasteiger partial charge in [0.05, 0.1) is 23.9 Å². The smallest absolute Gasteiger partial charge is 0.338 e. The van der Waals surface area contributed by atoms with Gasteiger partial charge in [0.1, 0.15) is 11.4 Å². The van der Waals surface area contributed by atoms with Crippen LogP contribution in [0.1, 0.15) is 53.9 Å². The van der Waals surface area contributed by atoms with Gasteiger partial charge in [0.25, 0.3) is 5.56 Å². The second-order valence-corrected chi connectivity index (χ2v) is 9.41. The van der Waals surface area contributed by atoms with Crippen molar-refractivity contribution < 1.29 is 14.3 Å². The molecule has 0 saturated heterocycles. The SMILES string of the molecule is CCCCOC(=O)c1ccc(NC(=O)Cn2cnc3sc4c(c3c2=O)CCC(C)C4)cc1. The summed E-state index contributed by atoms with van der Waals surface area (Å²) in [5.41, 5.74) is 1.92. The molecule has 0 saturated carbocycles. The molecule has 1 aromatic carbocycles. The molecule has 1 amide bonds. The van der Waals surface area contributed by atoms with E-state index < -0.39 is 0 Å². The van der Waals surface area contributed by atoms with Crippen LogP contribution in [0.25, 0.3) is 10.2 Å². The van der Waals surface area contributed by atoms with E-state index in [0.29, 0.717) is 29.2 Å². The first-order chi connectivity index (χ1) is 15.5. The third-order valence-corrected chi connectivity index (χ3v) is 6.89. The van der Waals surface area contributed by atoms with E-state index in [9.17, 15) is 14.4 Å². The molecule has 3 aromatic rings. The minimum atomic E-state index is -0.379. The minimum Gasteiger partial charge on any atom is -0.462 e. The number of carbonyl (C=O) groups excluding carboxylic acids is 2. The van der Waals surface area contributed by atoms with Crippen LogP contribution < -0.4 is 10.9 Å². The highest BCUT2D eigenvalue weighted by molar-refractivity contribution is 7.18. The normalized spacial score (nSPS) is 15.4. The quantitative estimate of drug-likeness (QED) is 0.428. The molecular weight excluding hydrogens is 426 g/mol. The second kappa shape index (κ2) is 9.65. The number of esters is 1. The Morgan fingerprint density at radius 1 is 1.28 bits per heavy atom. The van der Waals surface area contributed by atoms with Crippen molar-refractivity contribution in [2.45, 2.75) is 52.5 Å². The van der Waals surface area contributed by atoms with Crippen LogP contribution in [-0.4, -0.2) is 28.0 Å². The van der Waals surface area contributed by atoms with Crippen molar-refractivity contribution in [1.29, 1.82) is 0 Å². The van der Waals surface area contributed by atoms with E-state index in [4.69, 9.17) is 4.74 Å². The van der Waals surface area contributed by atoms with Gasteiger partial charge in [-0.05, 0) is 61.4 Å². The zero-order chi connectivity index (χ0) is 22.7. The summed E-state index contributed by atoms with van der Waals surface area (Å²) in [6.07, 6.45) is 6.17. The van der Waals surface area contributed by atoms with Crippen LogP contribution in [0.2, 0.25) is 0 Å². The lowest BCUT2D eigenvalue weighted by molar-refractivity contribution is -0.116. The fourth-order valence-electron chi connectivity index (χ4n) is 3.92. The summed E-state index contributed by atoms with van der Waals surface area (Å²) in [5.74, 6) is -0.0897. The van der Waals surface area contributed by atoms with E-state index in [2.05, 4.69) is 17.2 Å². The number of amides is 1. The van der Waals surface area contributed by atoms with E-state index in [-0.39, 0.29) is 24.0 Å². The number of hydrogen-bond acceptors (Lipinski definition) is 6. The maximum Gasteiger partial charge on any atom is 0.338 e. The molecule has 7 nitrogen and oxygen atoms in total. The maximum absolute atomic E-state index is 13.1. The molecule has 0 radical (unpaired) electrons. The Morgan fingerprint density at radius 3 is 2.81 bits per heavy atom.